The molecule has 0 aromatic heterocycles. The molecular weight excluding hydrogens is 316 g/mol. The van der Waals surface area contributed by atoms with Crippen LogP contribution in [0.25, 0.3) is 0 Å². The van der Waals surface area contributed by atoms with E-state index in [2.05, 4.69) is 0 Å². The minimum atomic E-state index is -1.36. The van der Waals surface area contributed by atoms with Gasteiger partial charge in [-0.25, -0.2) is 4.79 Å². The number of carboxylic acids is 2. The first-order valence-corrected chi connectivity index (χ1v) is 7.28. The van der Waals surface area contributed by atoms with E-state index >= 15 is 0 Å². The van der Waals surface area contributed by atoms with Crippen molar-refractivity contribution in [3.05, 3.63) is 47.0 Å². The van der Waals surface area contributed by atoms with Crippen molar-refractivity contribution in [2.24, 2.45) is 0 Å². The van der Waals surface area contributed by atoms with Gasteiger partial charge in [-0.2, -0.15) is 0 Å². The Labute approximate surface area is 139 Å². The monoisotopic (exact) mass is 336 g/mol. The molecule has 0 radical (unpaired) electrons. The standard InChI is InChI=1S/C17H20O7/c1-23-8-7-13(14(17(21)22)10-15(18)19)9-16(20)24-11-12-5-3-2-4-6-12/h2-6H,7-11H2,1H3,(H,18,19)(H,21,22). The van der Waals surface area contributed by atoms with Gasteiger partial charge in [0.25, 0.3) is 0 Å². The van der Waals surface area contributed by atoms with Gasteiger partial charge in [0.05, 0.1) is 12.8 Å². The van der Waals surface area contributed by atoms with E-state index in [0.717, 1.165) is 5.56 Å². The van der Waals surface area contributed by atoms with Gasteiger partial charge in [-0.05, 0) is 17.6 Å². The largest absolute Gasteiger partial charge is 0.481 e. The summed E-state index contributed by atoms with van der Waals surface area (Å²) in [6, 6.07) is 9.04. The highest BCUT2D eigenvalue weighted by Gasteiger charge is 2.20. The molecule has 0 saturated heterocycles. The lowest BCUT2D eigenvalue weighted by Gasteiger charge is -2.11. The Morgan fingerprint density at radius 2 is 1.71 bits per heavy atom. The summed E-state index contributed by atoms with van der Waals surface area (Å²) in [7, 11) is 1.43. The summed E-state index contributed by atoms with van der Waals surface area (Å²) in [5.74, 6) is -3.26. The highest BCUT2D eigenvalue weighted by molar-refractivity contribution is 5.93. The fourth-order valence-electron chi connectivity index (χ4n) is 2.04. The molecule has 0 amide bonds. The molecule has 0 spiro atoms. The van der Waals surface area contributed by atoms with Crippen LogP contribution in [-0.4, -0.2) is 41.8 Å². The second kappa shape index (κ2) is 10.2. The molecule has 0 aliphatic rings. The van der Waals surface area contributed by atoms with Gasteiger partial charge >= 0.3 is 17.9 Å². The third-order valence-electron chi connectivity index (χ3n) is 3.22. The Kier molecular flexibility index (Phi) is 8.21. The average molecular weight is 336 g/mol. The van der Waals surface area contributed by atoms with E-state index in [0.29, 0.717) is 0 Å². The Balaban J connectivity index is 2.81. The van der Waals surface area contributed by atoms with Crippen molar-refractivity contribution in [3.63, 3.8) is 0 Å². The molecule has 1 rings (SSSR count). The number of esters is 1. The SMILES string of the molecule is COCCC(CC(=O)OCc1ccccc1)=C(CC(=O)O)C(=O)O. The molecular formula is C17H20O7. The van der Waals surface area contributed by atoms with E-state index in [-0.39, 0.29) is 37.2 Å². The van der Waals surface area contributed by atoms with Gasteiger partial charge < -0.3 is 19.7 Å². The first-order chi connectivity index (χ1) is 11.4. The highest BCUT2D eigenvalue weighted by atomic mass is 16.5. The summed E-state index contributed by atoms with van der Waals surface area (Å²) >= 11 is 0. The third-order valence-corrected chi connectivity index (χ3v) is 3.22. The van der Waals surface area contributed by atoms with Crippen molar-refractivity contribution in [2.45, 2.75) is 25.9 Å². The molecule has 2 N–H and O–H groups in total. The number of methoxy groups -OCH3 is 1. The summed E-state index contributed by atoms with van der Waals surface area (Å²) < 4.78 is 10.0. The summed E-state index contributed by atoms with van der Waals surface area (Å²) in [6.07, 6.45) is -0.808. The molecule has 0 aliphatic heterocycles. The predicted molar refractivity (Wildman–Crippen MR) is 84.3 cm³/mol. The number of benzene rings is 1. The van der Waals surface area contributed by atoms with Crippen molar-refractivity contribution in [1.29, 1.82) is 0 Å². The van der Waals surface area contributed by atoms with Gasteiger partial charge in [-0.1, -0.05) is 30.3 Å². The van der Waals surface area contributed by atoms with Crippen LogP contribution in [0, 0.1) is 0 Å². The van der Waals surface area contributed by atoms with Crippen LogP contribution in [0.15, 0.2) is 41.5 Å². The fraction of sp³-hybridized carbons (Fsp3) is 0.353. The number of rotatable bonds is 10. The van der Waals surface area contributed by atoms with Crippen LogP contribution < -0.4 is 0 Å². The molecule has 7 nitrogen and oxygen atoms in total. The fourth-order valence-corrected chi connectivity index (χ4v) is 2.04. The molecule has 1 aromatic carbocycles. The molecule has 7 heteroatoms. The van der Waals surface area contributed by atoms with Crippen molar-refractivity contribution >= 4 is 17.9 Å². The molecule has 0 fully saturated rings. The van der Waals surface area contributed by atoms with E-state index in [1.807, 2.05) is 18.2 Å². The lowest BCUT2D eigenvalue weighted by atomic mass is 9.99. The first kappa shape index (κ1) is 19.4. The normalized spacial score (nSPS) is 11.5. The van der Waals surface area contributed by atoms with Gasteiger partial charge in [0.15, 0.2) is 0 Å². The van der Waals surface area contributed by atoms with Crippen LogP contribution in [0.3, 0.4) is 0 Å². The molecule has 0 atom stereocenters. The number of aliphatic carboxylic acids is 2. The molecule has 0 aliphatic carbocycles. The van der Waals surface area contributed by atoms with Crippen molar-refractivity contribution in [1.82, 2.24) is 0 Å². The predicted octanol–water partition coefficient (Wildman–Crippen LogP) is 2.01. The van der Waals surface area contributed by atoms with Crippen molar-refractivity contribution < 1.29 is 34.1 Å². The van der Waals surface area contributed by atoms with E-state index < -0.39 is 24.3 Å². The lowest BCUT2D eigenvalue weighted by Crippen LogP contribution is -2.14. The molecule has 0 heterocycles. The second-order valence-corrected chi connectivity index (χ2v) is 5.02. The van der Waals surface area contributed by atoms with Crippen molar-refractivity contribution in [3.8, 4) is 0 Å². The zero-order valence-electron chi connectivity index (χ0n) is 13.4. The topological polar surface area (TPSA) is 110 Å². The lowest BCUT2D eigenvalue weighted by molar-refractivity contribution is -0.144. The smallest absolute Gasteiger partial charge is 0.332 e. The second-order valence-electron chi connectivity index (χ2n) is 5.02. The Morgan fingerprint density at radius 1 is 1.04 bits per heavy atom. The molecule has 0 bridgehead atoms. The minimum Gasteiger partial charge on any atom is -0.481 e. The Bertz CT molecular complexity index is 605. The molecule has 130 valence electrons. The highest BCUT2D eigenvalue weighted by Crippen LogP contribution is 2.18. The zero-order valence-corrected chi connectivity index (χ0v) is 13.4. The van der Waals surface area contributed by atoms with Gasteiger partial charge in [-0.15, -0.1) is 0 Å². The van der Waals surface area contributed by atoms with Crippen LogP contribution in [0.1, 0.15) is 24.8 Å². The van der Waals surface area contributed by atoms with E-state index in [1.165, 1.54) is 7.11 Å². The number of hydrogen-bond acceptors (Lipinski definition) is 5. The number of ether oxygens (including phenoxy) is 2. The molecule has 24 heavy (non-hydrogen) atoms. The zero-order chi connectivity index (χ0) is 17.9. The molecule has 1 aromatic rings. The van der Waals surface area contributed by atoms with Gasteiger partial charge in [0, 0.05) is 19.3 Å². The van der Waals surface area contributed by atoms with Gasteiger partial charge in [0.1, 0.15) is 6.61 Å². The average Bonchev–Trinajstić information content (AvgIpc) is 2.55. The maximum atomic E-state index is 12.0. The van der Waals surface area contributed by atoms with E-state index in [9.17, 15) is 19.5 Å². The molecule has 0 unspecified atom stereocenters. The first-order valence-electron chi connectivity index (χ1n) is 7.28. The van der Waals surface area contributed by atoms with Crippen LogP contribution in [0.2, 0.25) is 0 Å². The van der Waals surface area contributed by atoms with Crippen LogP contribution in [-0.2, 0) is 30.5 Å². The summed E-state index contributed by atoms with van der Waals surface area (Å²) in [4.78, 5) is 34.1. The third kappa shape index (κ3) is 7.06. The van der Waals surface area contributed by atoms with Gasteiger partial charge in [-0.3, -0.25) is 9.59 Å². The summed E-state index contributed by atoms with van der Waals surface area (Å²) in [5.41, 5.74) is 0.693. The quantitative estimate of drug-likeness (QED) is 0.497. The molecule has 0 saturated carbocycles. The Hall–Kier alpha value is -2.67. The summed E-state index contributed by atoms with van der Waals surface area (Å²) in [6.45, 7) is 0.246. The number of hydrogen-bond donors (Lipinski definition) is 2. The van der Waals surface area contributed by atoms with E-state index in [1.54, 1.807) is 12.1 Å². The summed E-state index contributed by atoms with van der Waals surface area (Å²) in [5, 5.41) is 18.0. The van der Waals surface area contributed by atoms with Crippen LogP contribution in [0.4, 0.5) is 0 Å². The van der Waals surface area contributed by atoms with Crippen LogP contribution >= 0.6 is 0 Å². The maximum absolute atomic E-state index is 12.0. The minimum absolute atomic E-state index is 0.0680. The maximum Gasteiger partial charge on any atom is 0.332 e. The van der Waals surface area contributed by atoms with E-state index in [4.69, 9.17) is 14.6 Å². The number of carboxylic acid groups (broad SMARTS) is 2. The van der Waals surface area contributed by atoms with Crippen molar-refractivity contribution in [2.75, 3.05) is 13.7 Å². The van der Waals surface area contributed by atoms with Gasteiger partial charge in [0.2, 0.25) is 0 Å². The Morgan fingerprint density at radius 3 is 2.25 bits per heavy atom. The number of carbonyl (C=O) groups excluding carboxylic acids is 1. The van der Waals surface area contributed by atoms with Crippen LogP contribution in [0.5, 0.6) is 0 Å². The number of carbonyl (C=O) groups is 3.